The maximum absolute atomic E-state index is 12.5. The second-order valence-electron chi connectivity index (χ2n) is 6.26. The monoisotopic (exact) mass is 408 g/mol. The zero-order chi connectivity index (χ0) is 18.6. The average molecular weight is 409 g/mol. The molecule has 1 fully saturated rings. The first-order valence-electron chi connectivity index (χ1n) is 8.21. The number of hydrogen-bond acceptors (Lipinski definition) is 3. The molecule has 1 amide bonds. The minimum atomic E-state index is -3.53. The SMILES string of the molecule is CC[NH+]1CCN(C(=O)CN(Cc2ccc(Cl)c(Cl)c2)S(C)(=O)=O)CC1. The summed E-state index contributed by atoms with van der Waals surface area (Å²) >= 11 is 11.9. The first kappa shape index (κ1) is 20.5. The number of carbonyl (C=O) groups excluding carboxylic acids is 1. The molecule has 1 aromatic carbocycles. The molecule has 1 aliphatic heterocycles. The molecule has 0 unspecified atom stereocenters. The third-order valence-corrected chi connectivity index (χ3v) is 6.38. The van der Waals surface area contributed by atoms with Gasteiger partial charge < -0.3 is 9.80 Å². The lowest BCUT2D eigenvalue weighted by molar-refractivity contribution is -0.902. The molecule has 0 aromatic heterocycles. The zero-order valence-corrected chi connectivity index (χ0v) is 16.8. The number of sulfonamides is 1. The third kappa shape index (κ3) is 5.82. The molecule has 0 radical (unpaired) electrons. The van der Waals surface area contributed by atoms with Gasteiger partial charge in [0.1, 0.15) is 0 Å². The van der Waals surface area contributed by atoms with Crippen LogP contribution in [-0.2, 0) is 21.4 Å². The molecular weight excluding hydrogens is 385 g/mol. The lowest BCUT2D eigenvalue weighted by Crippen LogP contribution is -3.14. The molecule has 25 heavy (non-hydrogen) atoms. The number of halogens is 2. The zero-order valence-electron chi connectivity index (χ0n) is 14.5. The van der Waals surface area contributed by atoms with Crippen LogP contribution in [0.5, 0.6) is 0 Å². The lowest BCUT2D eigenvalue weighted by Gasteiger charge is -2.32. The number of piperazine rings is 1. The number of likely N-dealkylation sites (N-methyl/N-ethyl adjacent to an activating group) is 1. The van der Waals surface area contributed by atoms with Crippen LogP contribution in [0.1, 0.15) is 12.5 Å². The fraction of sp³-hybridized carbons (Fsp3) is 0.562. The van der Waals surface area contributed by atoms with Gasteiger partial charge in [-0.25, -0.2) is 8.42 Å². The summed E-state index contributed by atoms with van der Waals surface area (Å²) in [5.41, 5.74) is 0.688. The van der Waals surface area contributed by atoms with Crippen molar-refractivity contribution in [2.45, 2.75) is 13.5 Å². The summed E-state index contributed by atoms with van der Waals surface area (Å²) in [7, 11) is -3.53. The number of quaternary nitrogens is 1. The lowest BCUT2D eigenvalue weighted by atomic mass is 10.2. The fourth-order valence-electron chi connectivity index (χ4n) is 2.81. The largest absolute Gasteiger partial charge is 0.332 e. The van der Waals surface area contributed by atoms with Gasteiger partial charge in [0.25, 0.3) is 0 Å². The molecule has 0 spiro atoms. The molecule has 0 bridgehead atoms. The average Bonchev–Trinajstić information content (AvgIpc) is 2.56. The van der Waals surface area contributed by atoms with Crippen molar-refractivity contribution < 1.29 is 18.1 Å². The van der Waals surface area contributed by atoms with Crippen LogP contribution in [0.4, 0.5) is 0 Å². The fourth-order valence-corrected chi connectivity index (χ4v) is 3.86. The highest BCUT2D eigenvalue weighted by molar-refractivity contribution is 7.88. The van der Waals surface area contributed by atoms with E-state index in [1.54, 1.807) is 23.1 Å². The van der Waals surface area contributed by atoms with Gasteiger partial charge in [-0.2, -0.15) is 4.31 Å². The molecule has 1 saturated heterocycles. The molecule has 6 nitrogen and oxygen atoms in total. The van der Waals surface area contributed by atoms with Crippen molar-refractivity contribution in [1.29, 1.82) is 0 Å². The highest BCUT2D eigenvalue weighted by Gasteiger charge is 2.27. The van der Waals surface area contributed by atoms with E-state index in [4.69, 9.17) is 23.2 Å². The smallest absolute Gasteiger partial charge is 0.238 e. The Hall–Kier alpha value is -0.860. The van der Waals surface area contributed by atoms with Crippen molar-refractivity contribution in [2.75, 3.05) is 45.5 Å². The number of nitrogens with one attached hydrogen (secondary N) is 1. The first-order valence-corrected chi connectivity index (χ1v) is 10.8. The van der Waals surface area contributed by atoms with Gasteiger partial charge in [0.2, 0.25) is 15.9 Å². The van der Waals surface area contributed by atoms with Gasteiger partial charge >= 0.3 is 0 Å². The van der Waals surface area contributed by atoms with Crippen LogP contribution in [0.15, 0.2) is 18.2 Å². The number of carbonyl (C=O) groups is 1. The number of benzene rings is 1. The second-order valence-corrected chi connectivity index (χ2v) is 9.06. The topological polar surface area (TPSA) is 62.1 Å². The summed E-state index contributed by atoms with van der Waals surface area (Å²) in [5, 5.41) is 0.765. The van der Waals surface area contributed by atoms with Gasteiger partial charge in [0.15, 0.2) is 0 Å². The van der Waals surface area contributed by atoms with Crippen molar-refractivity contribution >= 4 is 39.1 Å². The van der Waals surface area contributed by atoms with E-state index in [2.05, 4.69) is 6.92 Å². The number of amides is 1. The second kappa shape index (κ2) is 8.68. The van der Waals surface area contributed by atoms with Gasteiger partial charge in [0.05, 0.1) is 55.6 Å². The predicted octanol–water partition coefficient (Wildman–Crippen LogP) is 0.502. The summed E-state index contributed by atoms with van der Waals surface area (Å²) in [6.07, 6.45) is 1.11. The summed E-state index contributed by atoms with van der Waals surface area (Å²) in [4.78, 5) is 15.7. The van der Waals surface area contributed by atoms with E-state index in [1.807, 2.05) is 0 Å². The van der Waals surface area contributed by atoms with Crippen LogP contribution in [0, 0.1) is 0 Å². The van der Waals surface area contributed by atoms with E-state index < -0.39 is 10.0 Å². The molecule has 2 rings (SSSR count). The van der Waals surface area contributed by atoms with Crippen molar-refractivity contribution in [2.24, 2.45) is 0 Å². The van der Waals surface area contributed by atoms with Crippen molar-refractivity contribution in [3.63, 3.8) is 0 Å². The maximum Gasteiger partial charge on any atom is 0.238 e. The Morgan fingerprint density at radius 1 is 1.24 bits per heavy atom. The maximum atomic E-state index is 12.5. The summed E-state index contributed by atoms with van der Waals surface area (Å²) in [5.74, 6) is -0.166. The van der Waals surface area contributed by atoms with Crippen molar-refractivity contribution in [3.05, 3.63) is 33.8 Å². The molecule has 9 heteroatoms. The van der Waals surface area contributed by atoms with Crippen LogP contribution >= 0.6 is 23.2 Å². The standard InChI is InChI=1S/C16H23Cl2N3O3S/c1-3-19-6-8-20(9-7-19)16(22)12-21(25(2,23)24)11-13-4-5-14(17)15(18)10-13/h4-5,10H,3,6-9,11-12H2,1-2H3/p+1. The third-order valence-electron chi connectivity index (χ3n) is 4.45. The Bertz CT molecular complexity index is 719. The van der Waals surface area contributed by atoms with Gasteiger partial charge in [-0.1, -0.05) is 29.3 Å². The molecular formula is C16H24Cl2N3O3S+. The van der Waals surface area contributed by atoms with E-state index in [0.29, 0.717) is 28.7 Å². The van der Waals surface area contributed by atoms with Gasteiger partial charge in [0, 0.05) is 6.54 Å². The van der Waals surface area contributed by atoms with Crippen LogP contribution in [0.25, 0.3) is 0 Å². The molecule has 1 aromatic rings. The van der Waals surface area contributed by atoms with Gasteiger partial charge in [-0.3, -0.25) is 4.79 Å². The van der Waals surface area contributed by atoms with Crippen LogP contribution in [-0.4, -0.2) is 69.1 Å². The summed E-state index contributed by atoms with van der Waals surface area (Å²) in [6.45, 7) is 6.19. The van der Waals surface area contributed by atoms with Crippen molar-refractivity contribution in [1.82, 2.24) is 9.21 Å². The van der Waals surface area contributed by atoms with Crippen LogP contribution in [0.2, 0.25) is 10.0 Å². The highest BCUT2D eigenvalue weighted by Crippen LogP contribution is 2.23. The normalized spacial score (nSPS) is 16.4. The molecule has 1 heterocycles. The minimum absolute atomic E-state index is 0.0850. The molecule has 1 N–H and O–H groups in total. The Morgan fingerprint density at radius 2 is 1.88 bits per heavy atom. The first-order chi connectivity index (χ1) is 11.7. The molecule has 1 aliphatic rings. The Labute approximate surface area is 159 Å². The van der Waals surface area contributed by atoms with E-state index in [0.717, 1.165) is 25.9 Å². The van der Waals surface area contributed by atoms with Crippen molar-refractivity contribution in [3.8, 4) is 0 Å². The Balaban J connectivity index is 2.05. The van der Waals surface area contributed by atoms with Gasteiger partial charge in [-0.05, 0) is 24.6 Å². The molecule has 0 aliphatic carbocycles. The van der Waals surface area contributed by atoms with Crippen LogP contribution < -0.4 is 4.90 Å². The van der Waals surface area contributed by atoms with E-state index in [1.165, 1.54) is 9.21 Å². The molecule has 140 valence electrons. The molecule has 0 atom stereocenters. The van der Waals surface area contributed by atoms with Crippen LogP contribution in [0.3, 0.4) is 0 Å². The quantitative estimate of drug-likeness (QED) is 0.745. The number of hydrogen-bond donors (Lipinski definition) is 1. The summed E-state index contributed by atoms with van der Waals surface area (Å²) < 4.78 is 25.4. The molecule has 0 saturated carbocycles. The Kier molecular flexibility index (Phi) is 7.10. The minimum Gasteiger partial charge on any atom is -0.332 e. The predicted molar refractivity (Wildman–Crippen MR) is 99.5 cm³/mol. The Morgan fingerprint density at radius 3 is 2.40 bits per heavy atom. The number of nitrogens with zero attached hydrogens (tertiary/aromatic N) is 2. The van der Waals surface area contributed by atoms with Gasteiger partial charge in [-0.15, -0.1) is 0 Å². The van der Waals surface area contributed by atoms with E-state index >= 15 is 0 Å². The van der Waals surface area contributed by atoms with E-state index in [-0.39, 0.29) is 19.0 Å². The number of rotatable bonds is 6. The highest BCUT2D eigenvalue weighted by atomic mass is 35.5. The van der Waals surface area contributed by atoms with E-state index in [9.17, 15) is 13.2 Å². The summed E-state index contributed by atoms with van der Waals surface area (Å²) in [6, 6.07) is 4.95.